The van der Waals surface area contributed by atoms with Crippen LogP contribution in [-0.4, -0.2) is 50.5 Å². The Labute approximate surface area is 182 Å². The van der Waals surface area contributed by atoms with E-state index in [2.05, 4.69) is 58.6 Å². The average molecular weight is 413 g/mol. The van der Waals surface area contributed by atoms with Gasteiger partial charge in [-0.25, -0.2) is 0 Å². The van der Waals surface area contributed by atoms with Gasteiger partial charge >= 0.3 is 0 Å². The molecule has 1 aromatic rings. The van der Waals surface area contributed by atoms with Crippen LogP contribution in [0, 0.1) is 5.92 Å². The van der Waals surface area contributed by atoms with E-state index in [4.69, 9.17) is 0 Å². The third-order valence-corrected chi connectivity index (χ3v) is 7.21. The number of nitrogens with zero attached hydrogens (tertiary/aromatic N) is 2. The summed E-state index contributed by atoms with van der Waals surface area (Å²) in [5, 5.41) is 6.47. The number of aliphatic imine (C=N–C) groups is 1. The second-order valence-corrected chi connectivity index (χ2v) is 9.47. The van der Waals surface area contributed by atoms with E-state index in [0.29, 0.717) is 18.3 Å². The lowest BCUT2D eigenvalue weighted by atomic mass is 9.78. The van der Waals surface area contributed by atoms with Gasteiger partial charge in [0, 0.05) is 45.6 Å². The standard InChI is InChI=1S/C25H40N4O/c1-19(2)21-7-9-22(10-8-21)25(13-5-6-14-25)18-28-24(27-4)29-15-11-20(12-16-29)17-23(30)26-3/h7-10,19-20H,5-6,11-18H2,1-4H3,(H,26,30)(H,27,28). The van der Waals surface area contributed by atoms with Crippen molar-refractivity contribution in [2.45, 2.75) is 70.1 Å². The third kappa shape index (κ3) is 5.35. The summed E-state index contributed by atoms with van der Waals surface area (Å²) in [6.07, 6.45) is 7.84. The van der Waals surface area contributed by atoms with Gasteiger partial charge in [-0.05, 0) is 48.6 Å². The van der Waals surface area contributed by atoms with Gasteiger partial charge in [-0.3, -0.25) is 9.79 Å². The Morgan fingerprint density at radius 2 is 1.80 bits per heavy atom. The first-order valence-electron chi connectivity index (χ1n) is 11.7. The second kappa shape index (κ2) is 10.3. The number of benzene rings is 1. The molecular formula is C25H40N4O. The van der Waals surface area contributed by atoms with Gasteiger partial charge in [0.25, 0.3) is 0 Å². The van der Waals surface area contributed by atoms with Crippen LogP contribution in [0.1, 0.15) is 75.8 Å². The molecule has 1 amide bonds. The number of hydrogen-bond donors (Lipinski definition) is 2. The molecule has 0 bridgehead atoms. The monoisotopic (exact) mass is 412 g/mol. The van der Waals surface area contributed by atoms with Crippen LogP contribution in [0.3, 0.4) is 0 Å². The van der Waals surface area contributed by atoms with Crippen molar-refractivity contribution in [3.05, 3.63) is 35.4 Å². The lowest BCUT2D eigenvalue weighted by Gasteiger charge is -2.36. The predicted molar refractivity (Wildman–Crippen MR) is 125 cm³/mol. The number of guanidine groups is 1. The molecule has 3 rings (SSSR count). The van der Waals surface area contributed by atoms with E-state index in [1.165, 1.54) is 36.8 Å². The van der Waals surface area contributed by atoms with Gasteiger partial charge in [-0.2, -0.15) is 0 Å². The summed E-state index contributed by atoms with van der Waals surface area (Å²) < 4.78 is 0. The highest BCUT2D eigenvalue weighted by molar-refractivity contribution is 5.80. The minimum absolute atomic E-state index is 0.155. The van der Waals surface area contributed by atoms with Crippen molar-refractivity contribution in [1.82, 2.24) is 15.5 Å². The number of piperidine rings is 1. The Hall–Kier alpha value is -2.04. The van der Waals surface area contributed by atoms with E-state index in [1.54, 1.807) is 7.05 Å². The highest BCUT2D eigenvalue weighted by Gasteiger charge is 2.36. The van der Waals surface area contributed by atoms with Gasteiger partial charge in [-0.1, -0.05) is 51.0 Å². The lowest BCUT2D eigenvalue weighted by Crippen LogP contribution is -2.49. The van der Waals surface area contributed by atoms with E-state index in [0.717, 1.165) is 38.4 Å². The molecule has 166 valence electrons. The van der Waals surface area contributed by atoms with Crippen molar-refractivity contribution in [2.24, 2.45) is 10.9 Å². The number of carbonyl (C=O) groups is 1. The molecule has 2 aliphatic rings. The minimum atomic E-state index is 0.155. The van der Waals surface area contributed by atoms with Crippen LogP contribution < -0.4 is 10.6 Å². The molecule has 5 nitrogen and oxygen atoms in total. The summed E-state index contributed by atoms with van der Waals surface area (Å²) in [4.78, 5) is 18.6. The van der Waals surface area contributed by atoms with Gasteiger partial charge in [0.2, 0.25) is 5.91 Å². The largest absolute Gasteiger partial charge is 0.359 e. The molecule has 2 N–H and O–H groups in total. The average Bonchev–Trinajstić information content (AvgIpc) is 3.25. The highest BCUT2D eigenvalue weighted by atomic mass is 16.1. The van der Waals surface area contributed by atoms with Crippen LogP contribution in [0.5, 0.6) is 0 Å². The van der Waals surface area contributed by atoms with E-state index >= 15 is 0 Å². The summed E-state index contributed by atoms with van der Waals surface area (Å²) in [7, 11) is 3.61. The fraction of sp³-hybridized carbons (Fsp3) is 0.680. The first-order valence-corrected chi connectivity index (χ1v) is 11.7. The molecule has 1 aliphatic carbocycles. The zero-order valence-electron chi connectivity index (χ0n) is 19.3. The van der Waals surface area contributed by atoms with Crippen LogP contribution in [0.25, 0.3) is 0 Å². The summed E-state index contributed by atoms with van der Waals surface area (Å²) in [6, 6.07) is 9.34. The van der Waals surface area contributed by atoms with Crippen LogP contribution >= 0.6 is 0 Å². The maximum absolute atomic E-state index is 11.7. The SMILES string of the molecule is CN=C(NCC1(c2ccc(C(C)C)cc2)CCCC1)N1CCC(CC(=O)NC)CC1. The molecule has 1 aromatic carbocycles. The molecular weight excluding hydrogens is 372 g/mol. The molecule has 0 radical (unpaired) electrons. The zero-order valence-corrected chi connectivity index (χ0v) is 19.3. The van der Waals surface area contributed by atoms with Crippen molar-refractivity contribution in [3.8, 4) is 0 Å². The Balaban J connectivity index is 1.60. The van der Waals surface area contributed by atoms with Crippen molar-refractivity contribution < 1.29 is 4.79 Å². The fourth-order valence-corrected chi connectivity index (χ4v) is 5.13. The molecule has 0 aromatic heterocycles. The van der Waals surface area contributed by atoms with Crippen LogP contribution in [0.15, 0.2) is 29.3 Å². The van der Waals surface area contributed by atoms with E-state index in [-0.39, 0.29) is 11.3 Å². The van der Waals surface area contributed by atoms with E-state index in [1.807, 2.05) is 7.05 Å². The fourth-order valence-electron chi connectivity index (χ4n) is 5.13. The smallest absolute Gasteiger partial charge is 0.220 e. The third-order valence-electron chi connectivity index (χ3n) is 7.21. The zero-order chi connectivity index (χ0) is 21.6. The molecule has 0 spiro atoms. The summed E-state index contributed by atoms with van der Waals surface area (Å²) in [5.74, 6) is 2.22. The number of rotatable bonds is 6. The van der Waals surface area contributed by atoms with Crippen molar-refractivity contribution in [3.63, 3.8) is 0 Å². The Morgan fingerprint density at radius 3 is 2.33 bits per heavy atom. The van der Waals surface area contributed by atoms with E-state index < -0.39 is 0 Å². The van der Waals surface area contributed by atoms with Gasteiger partial charge in [0.15, 0.2) is 5.96 Å². The summed E-state index contributed by atoms with van der Waals surface area (Å²) >= 11 is 0. The Morgan fingerprint density at radius 1 is 1.17 bits per heavy atom. The molecule has 1 aliphatic heterocycles. The number of nitrogens with one attached hydrogen (secondary N) is 2. The molecule has 1 heterocycles. The lowest BCUT2D eigenvalue weighted by molar-refractivity contribution is -0.121. The maximum Gasteiger partial charge on any atom is 0.220 e. The molecule has 2 fully saturated rings. The van der Waals surface area contributed by atoms with Gasteiger partial charge in [0.1, 0.15) is 0 Å². The first-order chi connectivity index (χ1) is 14.5. The normalized spacial score (nSPS) is 19.9. The number of hydrogen-bond acceptors (Lipinski definition) is 2. The van der Waals surface area contributed by atoms with Gasteiger partial charge in [-0.15, -0.1) is 0 Å². The van der Waals surface area contributed by atoms with Crippen molar-refractivity contribution in [1.29, 1.82) is 0 Å². The Kier molecular flexibility index (Phi) is 7.79. The molecule has 1 saturated heterocycles. The minimum Gasteiger partial charge on any atom is -0.359 e. The molecule has 0 atom stereocenters. The second-order valence-electron chi connectivity index (χ2n) is 9.47. The maximum atomic E-state index is 11.7. The van der Waals surface area contributed by atoms with Crippen molar-refractivity contribution >= 4 is 11.9 Å². The van der Waals surface area contributed by atoms with Crippen LogP contribution in [0.4, 0.5) is 0 Å². The van der Waals surface area contributed by atoms with Crippen LogP contribution in [0.2, 0.25) is 0 Å². The Bertz CT molecular complexity index is 711. The first kappa shape index (κ1) is 22.6. The summed E-state index contributed by atoms with van der Waals surface area (Å²) in [5.41, 5.74) is 3.09. The van der Waals surface area contributed by atoms with E-state index in [9.17, 15) is 4.79 Å². The number of likely N-dealkylation sites (tertiary alicyclic amines) is 1. The summed E-state index contributed by atoms with van der Waals surface area (Å²) in [6.45, 7) is 7.39. The molecule has 30 heavy (non-hydrogen) atoms. The molecule has 5 heteroatoms. The van der Waals surface area contributed by atoms with Crippen LogP contribution in [-0.2, 0) is 10.2 Å². The quantitative estimate of drug-likeness (QED) is 0.547. The van der Waals surface area contributed by atoms with Crippen molar-refractivity contribution in [2.75, 3.05) is 33.7 Å². The van der Waals surface area contributed by atoms with Gasteiger partial charge in [0.05, 0.1) is 0 Å². The van der Waals surface area contributed by atoms with Gasteiger partial charge < -0.3 is 15.5 Å². The number of carbonyl (C=O) groups excluding carboxylic acids is 1. The highest BCUT2D eigenvalue weighted by Crippen LogP contribution is 2.41. The molecule has 1 saturated carbocycles. The number of amides is 1. The topological polar surface area (TPSA) is 56.7 Å². The molecule has 0 unspecified atom stereocenters. The predicted octanol–water partition coefficient (Wildman–Crippen LogP) is 4.05.